The lowest BCUT2D eigenvalue weighted by molar-refractivity contribution is -0.136. The number of amides is 1. The number of aliphatic carboxylic acids is 1. The topological polar surface area (TPSA) is 97.8 Å². The Kier molecular flexibility index (Phi) is 8.49. The maximum absolute atomic E-state index is 12.8. The van der Waals surface area contributed by atoms with Crippen LogP contribution in [0, 0.1) is 0 Å². The Morgan fingerprint density at radius 3 is 2.59 bits per heavy atom. The van der Waals surface area contributed by atoms with Crippen molar-refractivity contribution in [3.63, 3.8) is 0 Å². The number of benzene rings is 2. The molecule has 0 bridgehead atoms. The van der Waals surface area contributed by atoms with E-state index < -0.39 is 5.97 Å². The Labute approximate surface area is 203 Å². The largest absolute Gasteiger partial charge is 0.491 e. The second-order valence-electron chi connectivity index (χ2n) is 7.88. The van der Waals surface area contributed by atoms with Gasteiger partial charge in [-0.15, -0.1) is 0 Å². The Bertz CT molecular complexity index is 1180. The highest BCUT2D eigenvalue weighted by molar-refractivity contribution is 6.34. The van der Waals surface area contributed by atoms with E-state index in [-0.39, 0.29) is 25.0 Å². The van der Waals surface area contributed by atoms with Crippen LogP contribution in [0.2, 0.25) is 5.02 Å². The fourth-order valence-corrected chi connectivity index (χ4v) is 3.64. The van der Waals surface area contributed by atoms with E-state index >= 15 is 0 Å². The number of nitrogens with zero attached hydrogens (tertiary/aromatic N) is 1. The molecule has 0 saturated heterocycles. The zero-order valence-electron chi connectivity index (χ0n) is 19.3. The first kappa shape index (κ1) is 25.1. The van der Waals surface area contributed by atoms with Gasteiger partial charge >= 0.3 is 5.97 Å². The molecule has 8 heteroatoms. The predicted octanol–water partition coefficient (Wildman–Crippen LogP) is 5.15. The molecule has 0 unspecified atom stereocenters. The van der Waals surface area contributed by atoms with Gasteiger partial charge in [0.05, 0.1) is 29.7 Å². The molecule has 0 radical (unpaired) electrons. The number of carboxylic acid groups (broad SMARTS) is 1. The van der Waals surface area contributed by atoms with Gasteiger partial charge in [0.2, 0.25) is 5.88 Å². The van der Waals surface area contributed by atoms with Gasteiger partial charge in [0.1, 0.15) is 5.75 Å². The van der Waals surface area contributed by atoms with Crippen LogP contribution < -0.4 is 14.8 Å². The lowest BCUT2D eigenvalue weighted by Crippen LogP contribution is -2.23. The normalized spacial score (nSPS) is 10.7. The first-order valence-corrected chi connectivity index (χ1v) is 11.3. The fraction of sp³-hybridized carbons (Fsp3) is 0.269. The van der Waals surface area contributed by atoms with Gasteiger partial charge in [-0.3, -0.25) is 9.59 Å². The molecular weight excluding hydrogens is 456 g/mol. The number of ether oxygens (including phenoxy) is 2. The van der Waals surface area contributed by atoms with E-state index in [2.05, 4.69) is 10.3 Å². The van der Waals surface area contributed by atoms with E-state index in [4.69, 9.17) is 26.2 Å². The van der Waals surface area contributed by atoms with E-state index in [1.807, 2.05) is 39.0 Å². The van der Waals surface area contributed by atoms with Gasteiger partial charge in [-0.2, -0.15) is 0 Å². The van der Waals surface area contributed by atoms with Gasteiger partial charge in [-0.1, -0.05) is 35.9 Å². The summed E-state index contributed by atoms with van der Waals surface area (Å²) in [5.74, 6) is -0.220. The molecule has 0 atom stereocenters. The highest BCUT2D eigenvalue weighted by atomic mass is 35.5. The molecular formula is C26H27ClN2O5. The molecule has 0 aliphatic heterocycles. The second-order valence-corrected chi connectivity index (χ2v) is 8.29. The molecule has 0 spiro atoms. The van der Waals surface area contributed by atoms with E-state index in [0.29, 0.717) is 39.9 Å². The van der Waals surface area contributed by atoms with Crippen molar-refractivity contribution >= 4 is 23.5 Å². The minimum absolute atomic E-state index is 0.00247. The molecule has 0 aliphatic rings. The maximum Gasteiger partial charge on any atom is 0.307 e. The third-order valence-corrected chi connectivity index (χ3v) is 5.13. The SMILES string of the molecule is CCOc1ncc(-c2cccc(CC(=O)O)c2)cc1CNC(=O)c1ccc(OC(C)C)cc1Cl. The molecule has 3 rings (SSSR count). The molecule has 1 heterocycles. The van der Waals surface area contributed by atoms with Crippen molar-refractivity contribution in [3.05, 3.63) is 76.4 Å². The predicted molar refractivity (Wildman–Crippen MR) is 131 cm³/mol. The number of aromatic nitrogens is 1. The Morgan fingerprint density at radius 1 is 1.12 bits per heavy atom. The van der Waals surface area contributed by atoms with E-state index in [0.717, 1.165) is 11.1 Å². The van der Waals surface area contributed by atoms with Gasteiger partial charge in [0.25, 0.3) is 5.91 Å². The second kappa shape index (κ2) is 11.5. The Hall–Kier alpha value is -3.58. The highest BCUT2D eigenvalue weighted by Gasteiger charge is 2.15. The van der Waals surface area contributed by atoms with E-state index in [1.165, 1.54) is 0 Å². The van der Waals surface area contributed by atoms with Gasteiger partial charge in [0.15, 0.2) is 0 Å². The molecule has 1 amide bonds. The van der Waals surface area contributed by atoms with Gasteiger partial charge in [-0.25, -0.2) is 4.98 Å². The number of hydrogen-bond acceptors (Lipinski definition) is 5. The van der Waals surface area contributed by atoms with Crippen molar-refractivity contribution < 1.29 is 24.2 Å². The van der Waals surface area contributed by atoms with Crippen LogP contribution in [0.5, 0.6) is 11.6 Å². The molecule has 3 aromatic rings. The summed E-state index contributed by atoms with van der Waals surface area (Å²) in [6.45, 7) is 6.27. The van der Waals surface area contributed by atoms with Gasteiger partial charge in [0, 0.05) is 23.9 Å². The van der Waals surface area contributed by atoms with Crippen LogP contribution in [0.1, 0.15) is 42.3 Å². The van der Waals surface area contributed by atoms with Crippen LogP contribution in [0.4, 0.5) is 0 Å². The number of carbonyl (C=O) groups is 2. The van der Waals surface area contributed by atoms with Crippen LogP contribution in [-0.4, -0.2) is 34.7 Å². The van der Waals surface area contributed by atoms with Crippen LogP contribution in [0.15, 0.2) is 54.7 Å². The minimum atomic E-state index is -0.896. The fourth-order valence-electron chi connectivity index (χ4n) is 3.38. The van der Waals surface area contributed by atoms with Crippen molar-refractivity contribution in [3.8, 4) is 22.8 Å². The molecule has 0 fully saturated rings. The summed E-state index contributed by atoms with van der Waals surface area (Å²) in [6.07, 6.45) is 1.60. The van der Waals surface area contributed by atoms with Gasteiger partial charge < -0.3 is 19.9 Å². The van der Waals surface area contributed by atoms with Gasteiger partial charge in [-0.05, 0) is 56.2 Å². The number of pyridine rings is 1. The van der Waals surface area contributed by atoms with Crippen LogP contribution in [0.25, 0.3) is 11.1 Å². The summed E-state index contributed by atoms with van der Waals surface area (Å²) in [5.41, 5.74) is 3.32. The number of carboxylic acids is 1. The Morgan fingerprint density at radius 2 is 1.91 bits per heavy atom. The van der Waals surface area contributed by atoms with Crippen molar-refractivity contribution in [2.24, 2.45) is 0 Å². The van der Waals surface area contributed by atoms with Crippen molar-refractivity contribution in [2.45, 2.75) is 39.8 Å². The zero-order valence-corrected chi connectivity index (χ0v) is 20.1. The standard InChI is InChI=1S/C26H27ClN2O5/c1-4-33-26-20(12-19(14-29-26)18-7-5-6-17(10-18)11-24(30)31)15-28-25(32)22-9-8-21(13-23(22)27)34-16(2)3/h5-10,12-14,16H,4,11,15H2,1-3H3,(H,28,32)(H,30,31). The molecule has 7 nitrogen and oxygen atoms in total. The molecule has 34 heavy (non-hydrogen) atoms. The number of hydrogen-bond donors (Lipinski definition) is 2. The molecule has 1 aromatic heterocycles. The lowest BCUT2D eigenvalue weighted by Gasteiger charge is -2.14. The molecule has 178 valence electrons. The highest BCUT2D eigenvalue weighted by Crippen LogP contribution is 2.27. The minimum Gasteiger partial charge on any atom is -0.491 e. The monoisotopic (exact) mass is 482 g/mol. The van der Waals surface area contributed by atoms with Crippen LogP contribution in [0.3, 0.4) is 0 Å². The molecule has 0 saturated carbocycles. The number of carbonyl (C=O) groups excluding carboxylic acids is 1. The van der Waals surface area contributed by atoms with Crippen molar-refractivity contribution in [1.82, 2.24) is 10.3 Å². The van der Waals surface area contributed by atoms with E-state index in [1.54, 1.807) is 36.5 Å². The van der Waals surface area contributed by atoms with E-state index in [9.17, 15) is 9.59 Å². The Balaban J connectivity index is 1.81. The molecule has 0 aliphatic carbocycles. The first-order chi connectivity index (χ1) is 16.3. The number of nitrogens with one attached hydrogen (secondary N) is 1. The third-order valence-electron chi connectivity index (χ3n) is 4.82. The molecule has 2 aromatic carbocycles. The smallest absolute Gasteiger partial charge is 0.307 e. The number of halogens is 1. The van der Waals surface area contributed by atoms with Crippen molar-refractivity contribution in [2.75, 3.05) is 6.61 Å². The summed E-state index contributed by atoms with van der Waals surface area (Å²) >= 11 is 6.31. The number of rotatable bonds is 10. The summed E-state index contributed by atoms with van der Waals surface area (Å²) < 4.78 is 11.2. The summed E-state index contributed by atoms with van der Waals surface area (Å²) in [6, 6.07) is 14.1. The van der Waals surface area contributed by atoms with Crippen molar-refractivity contribution in [1.29, 1.82) is 0 Å². The quantitative estimate of drug-likeness (QED) is 0.415. The summed E-state index contributed by atoms with van der Waals surface area (Å²) in [5, 5.41) is 12.2. The summed E-state index contributed by atoms with van der Waals surface area (Å²) in [4.78, 5) is 28.3. The summed E-state index contributed by atoms with van der Waals surface area (Å²) in [7, 11) is 0. The molecule has 2 N–H and O–H groups in total. The van der Waals surface area contributed by atoms with Crippen LogP contribution in [-0.2, 0) is 17.8 Å². The average Bonchev–Trinajstić information content (AvgIpc) is 2.78. The first-order valence-electron chi connectivity index (χ1n) is 10.9. The average molecular weight is 483 g/mol. The maximum atomic E-state index is 12.8. The lowest BCUT2D eigenvalue weighted by atomic mass is 10.0. The van der Waals surface area contributed by atoms with Crippen LogP contribution >= 0.6 is 11.6 Å². The third kappa shape index (κ3) is 6.71. The zero-order chi connectivity index (χ0) is 24.7.